The number of carbonyl (C=O) groups is 1. The van der Waals surface area contributed by atoms with Gasteiger partial charge in [-0.1, -0.05) is 17.7 Å². The monoisotopic (exact) mass is 466 g/mol. The lowest BCUT2D eigenvalue weighted by Crippen LogP contribution is -2.12. The van der Waals surface area contributed by atoms with Crippen molar-refractivity contribution >= 4 is 28.7 Å². The zero-order valence-electron chi connectivity index (χ0n) is 13.3. The van der Waals surface area contributed by atoms with E-state index in [1.54, 1.807) is 19.1 Å². The number of ether oxygens (including phenoxy) is 3. The smallest absolute Gasteiger partial charge is 0.488 e. The van der Waals surface area contributed by atoms with E-state index < -0.39 is 17.9 Å². The van der Waals surface area contributed by atoms with Crippen LogP contribution in [0.4, 0.5) is 18.0 Å². The van der Waals surface area contributed by atoms with Gasteiger partial charge in [-0.3, -0.25) is 0 Å². The second kappa shape index (κ2) is 7.94. The fraction of sp³-hybridized carbons (Fsp3) is 0.235. The molecule has 0 saturated carbocycles. The van der Waals surface area contributed by atoms with Gasteiger partial charge in [-0.05, 0) is 53.8 Å². The highest BCUT2D eigenvalue weighted by molar-refractivity contribution is 14.1. The van der Waals surface area contributed by atoms with Crippen LogP contribution in [0.1, 0.15) is 16.7 Å². The summed E-state index contributed by atoms with van der Waals surface area (Å²) >= 11 is 1.98. The third-order valence-corrected chi connectivity index (χ3v) is 4.26. The summed E-state index contributed by atoms with van der Waals surface area (Å²) in [5.41, 5.74) is 0.0692. The SMILES string of the molecule is COC(=O)Oc1cccc(I)c1COc1ccc(C)cc1C(F)(F)F. The third kappa shape index (κ3) is 5.00. The summed E-state index contributed by atoms with van der Waals surface area (Å²) in [4.78, 5) is 11.3. The first-order chi connectivity index (χ1) is 11.7. The Hall–Kier alpha value is -1.97. The van der Waals surface area contributed by atoms with Gasteiger partial charge in [0.2, 0.25) is 0 Å². The zero-order chi connectivity index (χ0) is 18.6. The first-order valence-electron chi connectivity index (χ1n) is 7.06. The minimum Gasteiger partial charge on any atom is -0.488 e. The first-order valence-corrected chi connectivity index (χ1v) is 8.14. The van der Waals surface area contributed by atoms with Gasteiger partial charge in [0.1, 0.15) is 18.1 Å². The molecule has 4 nitrogen and oxygen atoms in total. The molecule has 2 aromatic carbocycles. The summed E-state index contributed by atoms with van der Waals surface area (Å²) in [6, 6.07) is 8.72. The Kier molecular flexibility index (Phi) is 6.15. The van der Waals surface area contributed by atoms with E-state index >= 15 is 0 Å². The molecule has 25 heavy (non-hydrogen) atoms. The standard InChI is InChI=1S/C17H14F3IO4/c1-10-6-7-15(12(8-10)17(18,19)20)24-9-11-13(21)4-3-5-14(11)25-16(22)23-2/h3-8H,9H2,1-2H3. The maximum Gasteiger partial charge on any atom is 0.513 e. The van der Waals surface area contributed by atoms with Gasteiger partial charge < -0.3 is 14.2 Å². The highest BCUT2D eigenvalue weighted by Crippen LogP contribution is 2.37. The summed E-state index contributed by atoms with van der Waals surface area (Å²) < 4.78 is 55.0. The van der Waals surface area contributed by atoms with Crippen molar-refractivity contribution in [3.63, 3.8) is 0 Å². The molecular weight excluding hydrogens is 452 g/mol. The summed E-state index contributed by atoms with van der Waals surface area (Å²) in [7, 11) is 1.16. The summed E-state index contributed by atoms with van der Waals surface area (Å²) in [5.74, 6) is -0.124. The van der Waals surface area contributed by atoms with Crippen LogP contribution >= 0.6 is 22.6 Å². The second-order valence-electron chi connectivity index (χ2n) is 5.06. The Bertz CT molecular complexity index is 775. The van der Waals surface area contributed by atoms with Gasteiger partial charge in [-0.2, -0.15) is 13.2 Å². The number of hydrogen-bond donors (Lipinski definition) is 0. The van der Waals surface area contributed by atoms with Crippen molar-refractivity contribution in [1.82, 2.24) is 0 Å². The predicted molar refractivity (Wildman–Crippen MR) is 92.7 cm³/mol. The zero-order valence-corrected chi connectivity index (χ0v) is 15.5. The normalized spacial score (nSPS) is 11.1. The van der Waals surface area contributed by atoms with Gasteiger partial charge in [0, 0.05) is 9.13 Å². The minimum absolute atomic E-state index is 0.166. The molecule has 0 N–H and O–H groups in total. The number of alkyl halides is 3. The lowest BCUT2D eigenvalue weighted by atomic mass is 10.1. The van der Waals surface area contributed by atoms with Crippen LogP contribution in [0.3, 0.4) is 0 Å². The van der Waals surface area contributed by atoms with Crippen LogP contribution in [0.2, 0.25) is 0 Å². The topological polar surface area (TPSA) is 44.8 Å². The van der Waals surface area contributed by atoms with Gasteiger partial charge in [-0.15, -0.1) is 0 Å². The number of benzene rings is 2. The van der Waals surface area contributed by atoms with Gasteiger partial charge in [0.25, 0.3) is 0 Å². The summed E-state index contributed by atoms with van der Waals surface area (Å²) in [5, 5.41) is 0. The Balaban J connectivity index is 2.29. The van der Waals surface area contributed by atoms with Gasteiger partial charge in [0.05, 0.1) is 12.7 Å². The number of rotatable bonds is 4. The lowest BCUT2D eigenvalue weighted by molar-refractivity contribution is -0.139. The van der Waals surface area contributed by atoms with Crippen LogP contribution in [0.5, 0.6) is 11.5 Å². The molecule has 0 spiro atoms. The molecule has 2 aromatic rings. The Morgan fingerprint density at radius 2 is 1.88 bits per heavy atom. The highest BCUT2D eigenvalue weighted by Gasteiger charge is 2.34. The Morgan fingerprint density at radius 3 is 2.52 bits per heavy atom. The molecule has 0 atom stereocenters. The predicted octanol–water partition coefficient (Wildman–Crippen LogP) is 5.34. The molecule has 0 aliphatic heterocycles. The van der Waals surface area contributed by atoms with E-state index in [1.807, 2.05) is 22.6 Å². The lowest BCUT2D eigenvalue weighted by Gasteiger charge is -2.16. The van der Waals surface area contributed by atoms with Crippen LogP contribution < -0.4 is 9.47 Å². The van der Waals surface area contributed by atoms with Crippen LogP contribution in [0, 0.1) is 10.5 Å². The van der Waals surface area contributed by atoms with E-state index in [9.17, 15) is 18.0 Å². The van der Waals surface area contributed by atoms with Crippen molar-refractivity contribution in [2.75, 3.05) is 7.11 Å². The van der Waals surface area contributed by atoms with Crippen LogP contribution in [-0.2, 0) is 17.5 Å². The maximum atomic E-state index is 13.2. The van der Waals surface area contributed by atoms with Gasteiger partial charge in [0.15, 0.2) is 0 Å². The van der Waals surface area contributed by atoms with Crippen LogP contribution in [0.15, 0.2) is 36.4 Å². The van der Waals surface area contributed by atoms with Crippen molar-refractivity contribution in [2.24, 2.45) is 0 Å². The average Bonchev–Trinajstić information content (AvgIpc) is 2.54. The van der Waals surface area contributed by atoms with Crippen molar-refractivity contribution in [3.8, 4) is 11.5 Å². The van der Waals surface area contributed by atoms with E-state index in [2.05, 4.69) is 4.74 Å². The molecule has 0 aliphatic rings. The number of methoxy groups -OCH3 is 1. The Morgan fingerprint density at radius 1 is 1.16 bits per heavy atom. The van der Waals surface area contributed by atoms with E-state index in [0.29, 0.717) is 14.7 Å². The van der Waals surface area contributed by atoms with Crippen molar-refractivity contribution in [2.45, 2.75) is 19.7 Å². The van der Waals surface area contributed by atoms with E-state index in [-0.39, 0.29) is 18.1 Å². The van der Waals surface area contributed by atoms with Crippen LogP contribution in [-0.4, -0.2) is 13.3 Å². The molecular formula is C17H14F3IO4. The molecule has 0 aliphatic carbocycles. The molecule has 0 aromatic heterocycles. The molecule has 8 heteroatoms. The van der Waals surface area contributed by atoms with Gasteiger partial charge >= 0.3 is 12.3 Å². The molecule has 2 rings (SSSR count). The molecule has 0 heterocycles. The summed E-state index contributed by atoms with van der Waals surface area (Å²) in [6.07, 6.45) is -5.45. The Labute approximate surface area is 156 Å². The molecule has 134 valence electrons. The van der Waals surface area contributed by atoms with Crippen molar-refractivity contribution < 1.29 is 32.2 Å². The molecule has 0 amide bonds. The highest BCUT2D eigenvalue weighted by atomic mass is 127. The van der Waals surface area contributed by atoms with Crippen LogP contribution in [0.25, 0.3) is 0 Å². The number of halogens is 4. The maximum absolute atomic E-state index is 13.2. The molecule has 0 unspecified atom stereocenters. The number of aryl methyl sites for hydroxylation is 1. The summed E-state index contributed by atoms with van der Waals surface area (Å²) in [6.45, 7) is 1.37. The van der Waals surface area contributed by atoms with Gasteiger partial charge in [-0.25, -0.2) is 4.79 Å². The quantitative estimate of drug-likeness (QED) is 0.347. The van der Waals surface area contributed by atoms with Crippen molar-refractivity contribution in [3.05, 3.63) is 56.7 Å². The van der Waals surface area contributed by atoms with E-state index in [0.717, 1.165) is 13.2 Å². The minimum atomic E-state index is -4.53. The largest absolute Gasteiger partial charge is 0.513 e. The molecule has 0 bridgehead atoms. The number of carbonyl (C=O) groups excluding carboxylic acids is 1. The molecule has 0 fully saturated rings. The van der Waals surface area contributed by atoms with E-state index in [4.69, 9.17) is 9.47 Å². The molecule has 0 radical (unpaired) electrons. The number of hydrogen-bond acceptors (Lipinski definition) is 4. The second-order valence-corrected chi connectivity index (χ2v) is 6.22. The fourth-order valence-electron chi connectivity index (χ4n) is 2.05. The fourth-order valence-corrected chi connectivity index (χ4v) is 2.68. The van der Waals surface area contributed by atoms with Crippen molar-refractivity contribution in [1.29, 1.82) is 0 Å². The van der Waals surface area contributed by atoms with E-state index in [1.165, 1.54) is 18.2 Å². The first kappa shape index (κ1) is 19.4. The molecule has 0 saturated heterocycles. The average molecular weight is 466 g/mol. The third-order valence-electron chi connectivity index (χ3n) is 3.25.